The maximum Gasteiger partial charge on any atom is 0.364 e. The standard InChI is InChI=1S/C38H46N2O16/c1-52-23-11-13-24(14-12-23)54-36-34(49)33(48)32(47)27(55-36)19-53-38(37(50)51)16-25(42)30(40-29(45)18-41)35(56-38)31(46)26(43)17-39-28(44)15-20-7-9-22(10-8-20)21-5-3-2-4-6-21/h2-14,25-27,30-36,41-43,46-49H,15-19H2,1H3,(H,39,44)(H,40,45)(H,50,51)/t25-,26+,27+,30+,31+,32-,33-,34+,35+,36+,38+/m0/s1. The van der Waals surface area contributed by atoms with Gasteiger partial charge in [0.05, 0.1) is 38.4 Å². The molecule has 2 aliphatic heterocycles. The SMILES string of the molecule is COc1ccc(O[C@@H]2O[C@H](CO[C@]3(C(=O)O)C[C@H](O)[C@@H](NC(=O)CO)[C@H]([C@H](O)[C@H](O)CNC(=O)Cc4ccc(-c5ccccc5)cc4)O3)[C@H](O)[C@H](O)[C@H]2O)cc1. The molecule has 0 radical (unpaired) electrons. The fourth-order valence-corrected chi connectivity index (χ4v) is 6.36. The summed E-state index contributed by atoms with van der Waals surface area (Å²) in [6.45, 7) is -2.48. The number of ether oxygens (including phenoxy) is 5. The Labute approximate surface area is 320 Å². The summed E-state index contributed by atoms with van der Waals surface area (Å²) in [4.78, 5) is 37.7. The molecule has 2 fully saturated rings. The topological polar surface area (TPSA) is 283 Å². The number of hydrogen-bond acceptors (Lipinski definition) is 15. The summed E-state index contributed by atoms with van der Waals surface area (Å²) in [5, 5.41) is 89.5. The van der Waals surface area contributed by atoms with Gasteiger partial charge in [0.25, 0.3) is 5.79 Å². The lowest BCUT2D eigenvalue weighted by Crippen LogP contribution is -2.69. The van der Waals surface area contributed by atoms with Gasteiger partial charge < -0.3 is 75.2 Å². The van der Waals surface area contributed by atoms with E-state index in [1.54, 1.807) is 24.3 Å². The summed E-state index contributed by atoms with van der Waals surface area (Å²) < 4.78 is 27.7. The highest BCUT2D eigenvalue weighted by molar-refractivity contribution is 5.79. The molecule has 2 heterocycles. The third kappa shape index (κ3) is 10.2. The first-order valence-corrected chi connectivity index (χ1v) is 17.7. The number of aliphatic hydroxyl groups excluding tert-OH is 7. The summed E-state index contributed by atoms with van der Waals surface area (Å²) in [7, 11) is 1.45. The van der Waals surface area contributed by atoms with Crippen LogP contribution in [0.1, 0.15) is 12.0 Å². The van der Waals surface area contributed by atoms with Crippen molar-refractivity contribution in [1.29, 1.82) is 0 Å². The molecule has 2 saturated heterocycles. The molecular weight excluding hydrogens is 740 g/mol. The van der Waals surface area contributed by atoms with E-state index in [-0.39, 0.29) is 12.2 Å². The van der Waals surface area contributed by atoms with Crippen molar-refractivity contribution in [1.82, 2.24) is 10.6 Å². The Bertz CT molecular complexity index is 1750. The third-order valence-corrected chi connectivity index (χ3v) is 9.50. The third-order valence-electron chi connectivity index (χ3n) is 9.50. The maximum absolute atomic E-state index is 12.8. The largest absolute Gasteiger partial charge is 0.497 e. The van der Waals surface area contributed by atoms with Crippen molar-refractivity contribution in [2.45, 2.75) is 79.8 Å². The quantitative estimate of drug-likeness (QED) is 0.0756. The first kappa shape index (κ1) is 42.4. The zero-order chi connectivity index (χ0) is 40.6. The van der Waals surface area contributed by atoms with Crippen LogP contribution in [0.5, 0.6) is 11.5 Å². The first-order valence-electron chi connectivity index (χ1n) is 17.7. The van der Waals surface area contributed by atoms with Crippen LogP contribution in [-0.2, 0) is 35.0 Å². The molecule has 56 heavy (non-hydrogen) atoms. The summed E-state index contributed by atoms with van der Waals surface area (Å²) >= 11 is 0. The van der Waals surface area contributed by atoms with E-state index in [0.717, 1.165) is 11.1 Å². The lowest BCUT2D eigenvalue weighted by molar-refractivity contribution is -0.331. The number of carbonyl (C=O) groups is 3. The lowest BCUT2D eigenvalue weighted by Gasteiger charge is -2.47. The molecule has 10 N–H and O–H groups in total. The van der Waals surface area contributed by atoms with Gasteiger partial charge in [0.1, 0.15) is 54.7 Å². The van der Waals surface area contributed by atoms with E-state index in [1.165, 1.54) is 19.2 Å². The molecule has 2 amide bonds. The predicted molar refractivity (Wildman–Crippen MR) is 192 cm³/mol. The van der Waals surface area contributed by atoms with Crippen LogP contribution >= 0.6 is 0 Å². The van der Waals surface area contributed by atoms with Crippen molar-refractivity contribution in [2.75, 3.05) is 26.9 Å². The fraction of sp³-hybridized carbons (Fsp3) is 0.447. The lowest BCUT2D eigenvalue weighted by atomic mass is 9.88. The molecule has 18 nitrogen and oxygen atoms in total. The molecule has 0 spiro atoms. The number of rotatable bonds is 16. The van der Waals surface area contributed by atoms with Crippen molar-refractivity contribution < 1.29 is 78.9 Å². The second-order valence-electron chi connectivity index (χ2n) is 13.4. The maximum atomic E-state index is 12.8. The van der Waals surface area contributed by atoms with Gasteiger partial charge in [-0.1, -0.05) is 54.6 Å². The minimum absolute atomic E-state index is 0.0888. The van der Waals surface area contributed by atoms with Crippen molar-refractivity contribution >= 4 is 17.8 Å². The molecular formula is C38H46N2O16. The van der Waals surface area contributed by atoms with Crippen LogP contribution in [0.25, 0.3) is 11.1 Å². The van der Waals surface area contributed by atoms with Crippen molar-refractivity contribution in [3.05, 3.63) is 84.4 Å². The fourth-order valence-electron chi connectivity index (χ4n) is 6.36. The van der Waals surface area contributed by atoms with Crippen LogP contribution in [0.15, 0.2) is 78.9 Å². The first-order chi connectivity index (χ1) is 26.7. The van der Waals surface area contributed by atoms with E-state index >= 15 is 0 Å². The highest BCUT2D eigenvalue weighted by atomic mass is 16.7. The molecule has 304 valence electrons. The number of carboxylic acid groups (broad SMARTS) is 1. The molecule has 3 aromatic carbocycles. The molecule has 18 heteroatoms. The Kier molecular flexibility index (Phi) is 14.3. The summed E-state index contributed by atoms with van der Waals surface area (Å²) in [5.41, 5.74) is 2.58. The summed E-state index contributed by atoms with van der Waals surface area (Å²) in [5.74, 6) is -5.55. The molecule has 5 rings (SSSR count). The molecule has 0 bridgehead atoms. The van der Waals surface area contributed by atoms with Crippen LogP contribution in [-0.4, -0.2) is 152 Å². The van der Waals surface area contributed by atoms with Crippen molar-refractivity contribution in [3.63, 3.8) is 0 Å². The van der Waals surface area contributed by atoms with Gasteiger partial charge >= 0.3 is 5.97 Å². The van der Waals surface area contributed by atoms with E-state index < -0.39 is 111 Å². The highest BCUT2D eigenvalue weighted by Crippen LogP contribution is 2.35. The van der Waals surface area contributed by atoms with Gasteiger partial charge in [-0.3, -0.25) is 9.59 Å². The number of nitrogens with one attached hydrogen (secondary N) is 2. The van der Waals surface area contributed by atoms with Gasteiger partial charge in [0, 0.05) is 13.0 Å². The molecule has 2 aliphatic rings. The van der Waals surface area contributed by atoms with Gasteiger partial charge in [0.15, 0.2) is 0 Å². The van der Waals surface area contributed by atoms with Crippen LogP contribution in [0.4, 0.5) is 0 Å². The number of hydrogen-bond donors (Lipinski definition) is 10. The van der Waals surface area contributed by atoms with E-state index in [0.29, 0.717) is 11.3 Å². The second-order valence-corrected chi connectivity index (χ2v) is 13.4. The monoisotopic (exact) mass is 786 g/mol. The van der Waals surface area contributed by atoms with Gasteiger partial charge in [0.2, 0.25) is 18.1 Å². The van der Waals surface area contributed by atoms with Crippen LogP contribution < -0.4 is 20.1 Å². The number of carbonyl (C=O) groups excluding carboxylic acids is 2. The van der Waals surface area contributed by atoms with Crippen LogP contribution in [0.3, 0.4) is 0 Å². The summed E-state index contributed by atoms with van der Waals surface area (Å²) in [6.07, 6.45) is -17.3. The van der Waals surface area contributed by atoms with Crippen LogP contribution in [0.2, 0.25) is 0 Å². The van der Waals surface area contributed by atoms with E-state index in [2.05, 4.69) is 10.6 Å². The number of methoxy groups -OCH3 is 1. The van der Waals surface area contributed by atoms with Gasteiger partial charge in [-0.05, 0) is 41.0 Å². The highest BCUT2D eigenvalue weighted by Gasteiger charge is 2.57. The summed E-state index contributed by atoms with van der Waals surface area (Å²) in [6, 6.07) is 21.3. The van der Waals surface area contributed by atoms with Crippen molar-refractivity contribution in [2.24, 2.45) is 0 Å². The van der Waals surface area contributed by atoms with Crippen molar-refractivity contribution in [3.8, 4) is 22.6 Å². The molecule has 11 atom stereocenters. The van der Waals surface area contributed by atoms with Gasteiger partial charge in [-0.25, -0.2) is 4.79 Å². The minimum Gasteiger partial charge on any atom is -0.497 e. The smallest absolute Gasteiger partial charge is 0.364 e. The average molecular weight is 787 g/mol. The van der Waals surface area contributed by atoms with Gasteiger partial charge in [-0.2, -0.15) is 0 Å². The number of aliphatic hydroxyl groups is 7. The Morgan fingerprint density at radius 2 is 1.50 bits per heavy atom. The number of amides is 2. The number of benzene rings is 3. The van der Waals surface area contributed by atoms with E-state index in [9.17, 15) is 55.2 Å². The second kappa shape index (κ2) is 18.9. The Balaban J connectivity index is 1.26. The Morgan fingerprint density at radius 1 is 0.857 bits per heavy atom. The number of carboxylic acids is 1. The van der Waals surface area contributed by atoms with E-state index in [4.69, 9.17) is 23.7 Å². The van der Waals surface area contributed by atoms with Gasteiger partial charge in [-0.15, -0.1) is 0 Å². The Hall–Kier alpha value is -4.73. The predicted octanol–water partition coefficient (Wildman–Crippen LogP) is -1.95. The Morgan fingerprint density at radius 3 is 2.12 bits per heavy atom. The number of aliphatic carboxylic acids is 1. The molecule has 3 aromatic rings. The van der Waals surface area contributed by atoms with Crippen LogP contribution in [0, 0.1) is 0 Å². The molecule has 0 unspecified atom stereocenters. The average Bonchev–Trinajstić information content (AvgIpc) is 3.20. The zero-order valence-electron chi connectivity index (χ0n) is 30.2. The molecule has 0 aliphatic carbocycles. The van der Waals surface area contributed by atoms with E-state index in [1.807, 2.05) is 42.5 Å². The normalized spacial score (nSPS) is 28.7. The zero-order valence-corrected chi connectivity index (χ0v) is 30.2. The molecule has 0 saturated carbocycles. The minimum atomic E-state index is -2.82. The molecule has 0 aromatic heterocycles.